The smallest absolute Gasteiger partial charge is 0.153 e. The fourth-order valence-corrected chi connectivity index (χ4v) is 1.60. The van der Waals surface area contributed by atoms with Gasteiger partial charge in [0.2, 0.25) is 0 Å². The van der Waals surface area contributed by atoms with Gasteiger partial charge in [0, 0.05) is 18.7 Å². The molecule has 2 rings (SSSR count). The van der Waals surface area contributed by atoms with Crippen LogP contribution in [-0.2, 0) is 4.79 Å². The molecule has 3 nitrogen and oxygen atoms in total. The third-order valence-corrected chi connectivity index (χ3v) is 2.39. The summed E-state index contributed by atoms with van der Waals surface area (Å²) in [5, 5.41) is 8.62. The van der Waals surface area contributed by atoms with Crippen LogP contribution in [0.3, 0.4) is 0 Å². The molecule has 0 N–H and O–H groups in total. The van der Waals surface area contributed by atoms with Crippen LogP contribution in [0.2, 0.25) is 0 Å². The molecule has 0 radical (unpaired) electrons. The summed E-state index contributed by atoms with van der Waals surface area (Å²) in [6.07, 6.45) is 0.639. The number of carbonyl (C=O) groups is 1. The van der Waals surface area contributed by atoms with Gasteiger partial charge in [-0.05, 0) is 24.3 Å². The van der Waals surface area contributed by atoms with Crippen molar-refractivity contribution in [3.63, 3.8) is 0 Å². The second kappa shape index (κ2) is 3.51. The molecule has 0 aliphatic carbocycles. The van der Waals surface area contributed by atoms with Crippen molar-refractivity contribution in [2.75, 3.05) is 18.0 Å². The Balaban J connectivity index is 2.18. The first-order valence-corrected chi connectivity index (χ1v) is 4.56. The lowest BCUT2D eigenvalue weighted by atomic mass is 10.2. The van der Waals surface area contributed by atoms with E-state index in [1.54, 1.807) is 12.1 Å². The van der Waals surface area contributed by atoms with Gasteiger partial charge >= 0.3 is 0 Å². The summed E-state index contributed by atoms with van der Waals surface area (Å²) in [5.41, 5.74) is 1.68. The fraction of sp³-hybridized carbons (Fsp3) is 0.273. The quantitative estimate of drug-likeness (QED) is 0.664. The normalized spacial score (nSPS) is 15.6. The molecular formula is C11H10N2O. The SMILES string of the molecule is N#Cc1ccc(N2CCC(=O)C2)cc1. The number of hydrogen-bond donors (Lipinski definition) is 0. The van der Waals surface area contributed by atoms with Gasteiger partial charge in [0.1, 0.15) is 0 Å². The van der Waals surface area contributed by atoms with E-state index in [1.165, 1.54) is 0 Å². The minimum Gasteiger partial charge on any atom is -0.364 e. The molecule has 0 unspecified atom stereocenters. The molecule has 1 saturated heterocycles. The Labute approximate surface area is 82.6 Å². The molecule has 1 aliphatic rings. The Morgan fingerprint density at radius 1 is 1.29 bits per heavy atom. The summed E-state index contributed by atoms with van der Waals surface area (Å²) < 4.78 is 0. The van der Waals surface area contributed by atoms with Crippen LogP contribution in [0.15, 0.2) is 24.3 Å². The molecule has 0 bridgehead atoms. The van der Waals surface area contributed by atoms with E-state index < -0.39 is 0 Å². The lowest BCUT2D eigenvalue weighted by molar-refractivity contribution is -0.116. The number of carbonyl (C=O) groups excluding carboxylic acids is 1. The molecule has 0 atom stereocenters. The molecule has 0 amide bonds. The number of anilines is 1. The highest BCUT2D eigenvalue weighted by molar-refractivity contribution is 5.87. The van der Waals surface area contributed by atoms with Crippen LogP contribution in [-0.4, -0.2) is 18.9 Å². The van der Waals surface area contributed by atoms with Gasteiger partial charge in [-0.2, -0.15) is 5.26 Å². The van der Waals surface area contributed by atoms with Gasteiger partial charge in [-0.3, -0.25) is 4.79 Å². The number of rotatable bonds is 1. The molecule has 1 fully saturated rings. The molecule has 0 spiro atoms. The van der Waals surface area contributed by atoms with Crippen LogP contribution < -0.4 is 4.90 Å². The van der Waals surface area contributed by atoms with Crippen molar-refractivity contribution in [1.29, 1.82) is 5.26 Å². The second-order valence-electron chi connectivity index (χ2n) is 3.37. The number of nitrogens with zero attached hydrogens (tertiary/aromatic N) is 2. The highest BCUT2D eigenvalue weighted by Crippen LogP contribution is 2.18. The predicted molar refractivity (Wildman–Crippen MR) is 53.0 cm³/mol. The Morgan fingerprint density at radius 2 is 2.00 bits per heavy atom. The maximum absolute atomic E-state index is 11.1. The maximum Gasteiger partial charge on any atom is 0.153 e. The summed E-state index contributed by atoms with van der Waals surface area (Å²) in [6, 6.07) is 9.39. The van der Waals surface area contributed by atoms with Gasteiger partial charge in [0.25, 0.3) is 0 Å². The molecule has 1 aromatic carbocycles. The van der Waals surface area contributed by atoms with Crippen molar-refractivity contribution in [2.24, 2.45) is 0 Å². The van der Waals surface area contributed by atoms with E-state index in [4.69, 9.17) is 5.26 Å². The van der Waals surface area contributed by atoms with Gasteiger partial charge in [-0.15, -0.1) is 0 Å². The third-order valence-electron chi connectivity index (χ3n) is 2.39. The molecule has 3 heteroatoms. The van der Waals surface area contributed by atoms with Gasteiger partial charge < -0.3 is 4.90 Å². The monoisotopic (exact) mass is 186 g/mol. The van der Waals surface area contributed by atoms with E-state index in [2.05, 4.69) is 6.07 Å². The second-order valence-corrected chi connectivity index (χ2v) is 3.37. The average molecular weight is 186 g/mol. The maximum atomic E-state index is 11.1. The molecule has 1 aliphatic heterocycles. The van der Waals surface area contributed by atoms with Crippen molar-refractivity contribution in [1.82, 2.24) is 0 Å². The van der Waals surface area contributed by atoms with Crippen LogP contribution in [0.1, 0.15) is 12.0 Å². The summed E-state index contributed by atoms with van der Waals surface area (Å²) in [6.45, 7) is 1.30. The van der Waals surface area contributed by atoms with Crippen molar-refractivity contribution in [2.45, 2.75) is 6.42 Å². The molecular weight excluding hydrogens is 176 g/mol. The van der Waals surface area contributed by atoms with E-state index in [0.717, 1.165) is 12.2 Å². The van der Waals surface area contributed by atoms with Crippen molar-refractivity contribution >= 4 is 11.5 Å². The highest BCUT2D eigenvalue weighted by Gasteiger charge is 2.18. The summed E-state index contributed by atoms with van der Waals surface area (Å²) in [7, 11) is 0. The number of benzene rings is 1. The molecule has 0 saturated carbocycles. The highest BCUT2D eigenvalue weighted by atomic mass is 16.1. The topological polar surface area (TPSA) is 44.1 Å². The van der Waals surface area contributed by atoms with E-state index >= 15 is 0 Å². The van der Waals surface area contributed by atoms with Crippen molar-refractivity contribution < 1.29 is 4.79 Å². The van der Waals surface area contributed by atoms with Gasteiger partial charge in [0.05, 0.1) is 18.2 Å². The van der Waals surface area contributed by atoms with Crippen LogP contribution in [0.5, 0.6) is 0 Å². The minimum absolute atomic E-state index is 0.286. The minimum atomic E-state index is 0.286. The predicted octanol–water partition coefficient (Wildman–Crippen LogP) is 1.34. The number of nitriles is 1. The van der Waals surface area contributed by atoms with Gasteiger partial charge in [-0.25, -0.2) is 0 Å². The van der Waals surface area contributed by atoms with Crippen LogP contribution in [0.4, 0.5) is 5.69 Å². The van der Waals surface area contributed by atoms with E-state index in [9.17, 15) is 4.79 Å². The molecule has 1 heterocycles. The van der Waals surface area contributed by atoms with Crippen molar-refractivity contribution in [3.8, 4) is 6.07 Å². The van der Waals surface area contributed by atoms with Crippen LogP contribution in [0, 0.1) is 11.3 Å². The molecule has 70 valence electrons. The number of Topliss-reactive ketones (excluding diaryl/α,β-unsaturated/α-hetero) is 1. The Kier molecular flexibility index (Phi) is 2.19. The molecule has 1 aromatic rings. The van der Waals surface area contributed by atoms with E-state index in [0.29, 0.717) is 18.5 Å². The van der Waals surface area contributed by atoms with Crippen molar-refractivity contribution in [3.05, 3.63) is 29.8 Å². The zero-order valence-electron chi connectivity index (χ0n) is 7.73. The fourth-order valence-electron chi connectivity index (χ4n) is 1.60. The summed E-state index contributed by atoms with van der Waals surface area (Å²) >= 11 is 0. The zero-order chi connectivity index (χ0) is 9.97. The van der Waals surface area contributed by atoms with Gasteiger partial charge in [-0.1, -0.05) is 0 Å². The Morgan fingerprint density at radius 3 is 2.50 bits per heavy atom. The lowest BCUT2D eigenvalue weighted by Gasteiger charge is -2.15. The molecule has 14 heavy (non-hydrogen) atoms. The van der Waals surface area contributed by atoms with E-state index in [1.807, 2.05) is 17.0 Å². The summed E-state index contributed by atoms with van der Waals surface area (Å²) in [5.74, 6) is 0.286. The first kappa shape index (κ1) is 8.76. The largest absolute Gasteiger partial charge is 0.364 e. The first-order chi connectivity index (χ1) is 6.79. The Bertz CT molecular complexity index is 389. The van der Waals surface area contributed by atoms with Crippen LogP contribution >= 0.6 is 0 Å². The number of ketones is 1. The Hall–Kier alpha value is -1.82. The number of hydrogen-bond acceptors (Lipinski definition) is 3. The van der Waals surface area contributed by atoms with E-state index in [-0.39, 0.29) is 5.78 Å². The molecule has 0 aromatic heterocycles. The first-order valence-electron chi connectivity index (χ1n) is 4.56. The van der Waals surface area contributed by atoms with Gasteiger partial charge in [0.15, 0.2) is 5.78 Å². The zero-order valence-corrected chi connectivity index (χ0v) is 7.73. The lowest BCUT2D eigenvalue weighted by Crippen LogP contribution is -2.19. The van der Waals surface area contributed by atoms with Crippen LogP contribution in [0.25, 0.3) is 0 Å². The standard InChI is InChI=1S/C11H10N2O/c12-7-9-1-3-10(4-2-9)13-6-5-11(14)8-13/h1-4H,5-6,8H2. The average Bonchev–Trinajstić information content (AvgIpc) is 2.65. The third kappa shape index (κ3) is 1.60. The summed E-state index contributed by atoms with van der Waals surface area (Å²) in [4.78, 5) is 13.1.